The van der Waals surface area contributed by atoms with Crippen molar-refractivity contribution in [2.75, 3.05) is 0 Å². The summed E-state index contributed by atoms with van der Waals surface area (Å²) in [5.41, 5.74) is 1.53. The van der Waals surface area contributed by atoms with Gasteiger partial charge in [-0.15, -0.1) is 0 Å². The van der Waals surface area contributed by atoms with Crippen LogP contribution in [0.1, 0.15) is 47.0 Å². The van der Waals surface area contributed by atoms with E-state index >= 15 is 0 Å². The fourth-order valence-corrected chi connectivity index (χ4v) is 1.26. The Morgan fingerprint density at radius 3 is 2.50 bits per heavy atom. The molecule has 0 aromatic heterocycles. The standard InChI is InChI=1S/C10H20/c1-5-7-10(4)8-9(3)6-2/h6,10H,5,7-8H2,1-4H3/b9-6+. The molecule has 10 heavy (non-hydrogen) atoms. The molecule has 0 heteroatoms. The lowest BCUT2D eigenvalue weighted by Crippen LogP contribution is -1.93. The average Bonchev–Trinajstić information content (AvgIpc) is 1.88. The van der Waals surface area contributed by atoms with E-state index in [0.29, 0.717) is 0 Å². The molecule has 0 saturated heterocycles. The van der Waals surface area contributed by atoms with Crippen LogP contribution >= 0.6 is 0 Å². The summed E-state index contributed by atoms with van der Waals surface area (Å²) >= 11 is 0. The van der Waals surface area contributed by atoms with Crippen LogP contribution in [0.3, 0.4) is 0 Å². The minimum absolute atomic E-state index is 0.876. The van der Waals surface area contributed by atoms with Gasteiger partial charge in [0, 0.05) is 0 Å². The minimum Gasteiger partial charge on any atom is -0.0887 e. The summed E-state index contributed by atoms with van der Waals surface area (Å²) in [6.07, 6.45) is 6.18. The highest BCUT2D eigenvalue weighted by atomic mass is 14.1. The van der Waals surface area contributed by atoms with E-state index in [1.54, 1.807) is 0 Å². The second-order valence-electron chi connectivity index (χ2n) is 3.23. The van der Waals surface area contributed by atoms with Crippen LogP contribution in [-0.2, 0) is 0 Å². The lowest BCUT2D eigenvalue weighted by molar-refractivity contribution is 0.520. The SMILES string of the molecule is C/C=C(\C)CC(C)CCC. The van der Waals surface area contributed by atoms with E-state index in [1.165, 1.54) is 24.8 Å². The van der Waals surface area contributed by atoms with Gasteiger partial charge in [-0.3, -0.25) is 0 Å². The van der Waals surface area contributed by atoms with Crippen molar-refractivity contribution in [2.24, 2.45) is 5.92 Å². The van der Waals surface area contributed by atoms with Gasteiger partial charge in [0.05, 0.1) is 0 Å². The summed E-state index contributed by atoms with van der Waals surface area (Å²) in [5, 5.41) is 0. The second kappa shape index (κ2) is 5.52. The topological polar surface area (TPSA) is 0 Å². The van der Waals surface area contributed by atoms with E-state index < -0.39 is 0 Å². The van der Waals surface area contributed by atoms with E-state index in [0.717, 1.165) is 5.92 Å². The first-order valence-corrected chi connectivity index (χ1v) is 4.32. The molecule has 0 N–H and O–H groups in total. The number of hydrogen-bond donors (Lipinski definition) is 0. The largest absolute Gasteiger partial charge is 0.0887 e. The predicted molar refractivity (Wildman–Crippen MR) is 48.1 cm³/mol. The predicted octanol–water partition coefficient (Wildman–Crippen LogP) is 3.78. The maximum atomic E-state index is 2.33. The van der Waals surface area contributed by atoms with Crippen LogP contribution in [0.25, 0.3) is 0 Å². The molecule has 0 bridgehead atoms. The summed E-state index contributed by atoms with van der Waals surface area (Å²) in [4.78, 5) is 0. The Morgan fingerprint density at radius 2 is 2.10 bits per heavy atom. The molecule has 1 atom stereocenters. The van der Waals surface area contributed by atoms with Crippen molar-refractivity contribution in [3.63, 3.8) is 0 Å². The Bertz CT molecular complexity index is 101. The van der Waals surface area contributed by atoms with Gasteiger partial charge in [-0.25, -0.2) is 0 Å². The average molecular weight is 140 g/mol. The molecule has 0 heterocycles. The molecule has 0 spiro atoms. The third kappa shape index (κ3) is 4.60. The molecule has 1 unspecified atom stereocenters. The molecule has 0 rings (SSSR count). The normalized spacial score (nSPS) is 15.4. The van der Waals surface area contributed by atoms with Crippen molar-refractivity contribution in [1.82, 2.24) is 0 Å². The third-order valence-corrected chi connectivity index (χ3v) is 1.94. The van der Waals surface area contributed by atoms with Gasteiger partial charge in [0.2, 0.25) is 0 Å². The molecule has 0 fully saturated rings. The van der Waals surface area contributed by atoms with Gasteiger partial charge in [0.25, 0.3) is 0 Å². The van der Waals surface area contributed by atoms with Gasteiger partial charge in [-0.05, 0) is 26.2 Å². The summed E-state index contributed by atoms with van der Waals surface area (Å²) in [6, 6.07) is 0. The molecule has 0 amide bonds. The summed E-state index contributed by atoms with van der Waals surface area (Å²) < 4.78 is 0. The molecule has 0 aromatic carbocycles. The molecule has 0 radical (unpaired) electrons. The van der Waals surface area contributed by atoms with Crippen molar-refractivity contribution in [1.29, 1.82) is 0 Å². The van der Waals surface area contributed by atoms with Crippen LogP contribution in [0.5, 0.6) is 0 Å². The molecule has 0 aromatic rings. The molecule has 60 valence electrons. The number of hydrogen-bond acceptors (Lipinski definition) is 0. The van der Waals surface area contributed by atoms with Gasteiger partial charge in [0.1, 0.15) is 0 Å². The molecule has 0 aliphatic rings. The van der Waals surface area contributed by atoms with Crippen molar-refractivity contribution < 1.29 is 0 Å². The Labute approximate surface area is 65.3 Å². The Morgan fingerprint density at radius 1 is 1.50 bits per heavy atom. The van der Waals surface area contributed by atoms with Crippen molar-refractivity contribution in [3.8, 4) is 0 Å². The molecular weight excluding hydrogens is 120 g/mol. The lowest BCUT2D eigenvalue weighted by Gasteiger charge is -2.08. The maximum Gasteiger partial charge on any atom is -0.0297 e. The van der Waals surface area contributed by atoms with Gasteiger partial charge < -0.3 is 0 Å². The van der Waals surface area contributed by atoms with E-state index in [-0.39, 0.29) is 0 Å². The summed E-state index contributed by atoms with van der Waals surface area (Å²) in [7, 11) is 0. The van der Waals surface area contributed by atoms with Gasteiger partial charge in [-0.2, -0.15) is 0 Å². The van der Waals surface area contributed by atoms with Crippen LogP contribution in [0, 0.1) is 5.92 Å². The maximum absolute atomic E-state index is 2.33. The highest BCUT2D eigenvalue weighted by Crippen LogP contribution is 2.15. The Balaban J connectivity index is 3.47. The molecule has 0 aliphatic carbocycles. The zero-order chi connectivity index (χ0) is 7.98. The quantitative estimate of drug-likeness (QED) is 0.521. The highest BCUT2D eigenvalue weighted by Gasteiger charge is 1.99. The fraction of sp³-hybridized carbons (Fsp3) is 0.800. The van der Waals surface area contributed by atoms with Crippen LogP contribution in [0.2, 0.25) is 0 Å². The zero-order valence-corrected chi connectivity index (χ0v) is 7.78. The first-order chi connectivity index (χ1) is 4.70. The summed E-state index contributed by atoms with van der Waals surface area (Å²) in [5.74, 6) is 0.876. The van der Waals surface area contributed by atoms with Crippen LogP contribution in [0.15, 0.2) is 11.6 Å². The molecule has 0 aliphatic heterocycles. The third-order valence-electron chi connectivity index (χ3n) is 1.94. The van der Waals surface area contributed by atoms with Crippen molar-refractivity contribution >= 4 is 0 Å². The summed E-state index contributed by atoms with van der Waals surface area (Å²) in [6.45, 7) is 8.91. The van der Waals surface area contributed by atoms with Crippen LogP contribution in [0.4, 0.5) is 0 Å². The van der Waals surface area contributed by atoms with Crippen molar-refractivity contribution in [2.45, 2.75) is 47.0 Å². The lowest BCUT2D eigenvalue weighted by atomic mass is 9.98. The van der Waals surface area contributed by atoms with Crippen LogP contribution in [-0.4, -0.2) is 0 Å². The van der Waals surface area contributed by atoms with Gasteiger partial charge >= 0.3 is 0 Å². The van der Waals surface area contributed by atoms with Gasteiger partial charge in [0.15, 0.2) is 0 Å². The van der Waals surface area contributed by atoms with Gasteiger partial charge in [-0.1, -0.05) is 38.3 Å². The molecular formula is C10H20. The van der Waals surface area contributed by atoms with E-state index in [9.17, 15) is 0 Å². The second-order valence-corrected chi connectivity index (χ2v) is 3.23. The first kappa shape index (κ1) is 9.74. The molecule has 0 saturated carbocycles. The van der Waals surface area contributed by atoms with E-state index in [2.05, 4.69) is 33.8 Å². The molecule has 0 nitrogen and oxygen atoms in total. The van der Waals surface area contributed by atoms with Crippen molar-refractivity contribution in [3.05, 3.63) is 11.6 Å². The monoisotopic (exact) mass is 140 g/mol. The van der Waals surface area contributed by atoms with E-state index in [4.69, 9.17) is 0 Å². The van der Waals surface area contributed by atoms with Crippen LogP contribution < -0.4 is 0 Å². The minimum atomic E-state index is 0.876. The van der Waals surface area contributed by atoms with E-state index in [1.807, 2.05) is 0 Å². The highest BCUT2D eigenvalue weighted by molar-refractivity contribution is 4.96. The fourth-order valence-electron chi connectivity index (χ4n) is 1.26. The Kier molecular flexibility index (Phi) is 5.38. The first-order valence-electron chi connectivity index (χ1n) is 4.32. The zero-order valence-electron chi connectivity index (χ0n) is 7.78. The number of allylic oxidation sites excluding steroid dienone is 2. The smallest absolute Gasteiger partial charge is 0.0297 e. The number of rotatable bonds is 4. The Hall–Kier alpha value is -0.260.